The summed E-state index contributed by atoms with van der Waals surface area (Å²) >= 11 is 0. The molecule has 0 radical (unpaired) electrons. The first-order chi connectivity index (χ1) is 15.1. The first-order valence-electron chi connectivity index (χ1n) is 10.5. The molecular formula is C23H28FN3O4. The van der Waals surface area contributed by atoms with Crippen LogP contribution in [-0.4, -0.2) is 43.0 Å². The molecule has 0 spiro atoms. The average molecular weight is 429 g/mol. The maximum Gasteiger partial charge on any atom is 0.258 e. The van der Waals surface area contributed by atoms with Crippen molar-refractivity contribution in [1.82, 2.24) is 10.3 Å². The van der Waals surface area contributed by atoms with Gasteiger partial charge in [0.25, 0.3) is 5.91 Å². The van der Waals surface area contributed by atoms with E-state index in [-0.39, 0.29) is 24.9 Å². The van der Waals surface area contributed by atoms with Gasteiger partial charge in [-0.15, -0.1) is 0 Å². The van der Waals surface area contributed by atoms with Crippen molar-refractivity contribution in [1.29, 1.82) is 0 Å². The van der Waals surface area contributed by atoms with Crippen molar-refractivity contribution in [2.45, 2.75) is 32.8 Å². The van der Waals surface area contributed by atoms with Gasteiger partial charge in [-0.3, -0.25) is 4.79 Å². The summed E-state index contributed by atoms with van der Waals surface area (Å²) in [6, 6.07) is 9.61. The topological polar surface area (TPSA) is 82.0 Å². The van der Waals surface area contributed by atoms with Crippen molar-refractivity contribution in [2.75, 3.05) is 26.4 Å². The highest BCUT2D eigenvalue weighted by molar-refractivity contribution is 5.99. The van der Waals surface area contributed by atoms with Crippen LogP contribution in [0.4, 0.5) is 4.39 Å². The van der Waals surface area contributed by atoms with Gasteiger partial charge in [-0.1, -0.05) is 24.2 Å². The van der Waals surface area contributed by atoms with E-state index in [1.807, 2.05) is 13.0 Å². The third-order valence-corrected chi connectivity index (χ3v) is 5.00. The van der Waals surface area contributed by atoms with Crippen LogP contribution in [0.15, 0.2) is 47.8 Å². The minimum atomic E-state index is -0.285. The van der Waals surface area contributed by atoms with Gasteiger partial charge in [-0.05, 0) is 48.9 Å². The van der Waals surface area contributed by atoms with Gasteiger partial charge in [-0.25, -0.2) is 9.37 Å². The van der Waals surface area contributed by atoms with Gasteiger partial charge in [0, 0.05) is 37.6 Å². The zero-order valence-electron chi connectivity index (χ0n) is 17.7. The molecule has 31 heavy (non-hydrogen) atoms. The Kier molecular flexibility index (Phi) is 8.78. The van der Waals surface area contributed by atoms with Gasteiger partial charge < -0.3 is 19.6 Å². The Labute approximate surface area is 181 Å². The van der Waals surface area contributed by atoms with E-state index in [1.54, 1.807) is 24.4 Å². The smallest absolute Gasteiger partial charge is 0.258 e. The number of pyridine rings is 1. The molecular weight excluding hydrogens is 401 g/mol. The molecule has 3 rings (SSSR count). The summed E-state index contributed by atoms with van der Waals surface area (Å²) in [5.41, 5.74) is 2.37. The molecule has 1 aromatic carbocycles. The summed E-state index contributed by atoms with van der Waals surface area (Å²) in [5.74, 6) is 0.383. The number of carbonyl (C=O) groups is 1. The second-order valence-corrected chi connectivity index (χ2v) is 7.33. The molecule has 0 saturated carbocycles. The Morgan fingerprint density at radius 2 is 2.00 bits per heavy atom. The van der Waals surface area contributed by atoms with Crippen LogP contribution in [-0.2, 0) is 21.0 Å². The maximum atomic E-state index is 12.9. The average Bonchev–Trinajstić information content (AvgIpc) is 2.81. The van der Waals surface area contributed by atoms with Crippen LogP contribution in [0.1, 0.15) is 37.3 Å². The van der Waals surface area contributed by atoms with Gasteiger partial charge in [0.2, 0.25) is 5.88 Å². The molecule has 0 unspecified atom stereocenters. The summed E-state index contributed by atoms with van der Waals surface area (Å²) in [7, 11) is 0. The van der Waals surface area contributed by atoms with Crippen molar-refractivity contribution in [2.24, 2.45) is 11.1 Å². The number of hydrogen-bond acceptors (Lipinski definition) is 6. The second-order valence-electron chi connectivity index (χ2n) is 7.33. The molecule has 0 bridgehead atoms. The SMILES string of the molecule is CC/C(=N\OCc1ccc(F)cc1)c1ccc(OCC(=O)NCC2CCOCC2)nc1. The van der Waals surface area contributed by atoms with E-state index in [1.165, 1.54) is 12.1 Å². The lowest BCUT2D eigenvalue weighted by atomic mass is 10.0. The fraction of sp³-hybridized carbons (Fsp3) is 0.435. The van der Waals surface area contributed by atoms with Crippen LogP contribution in [0.2, 0.25) is 0 Å². The van der Waals surface area contributed by atoms with Crippen LogP contribution in [0.3, 0.4) is 0 Å². The monoisotopic (exact) mass is 429 g/mol. The number of benzene rings is 1. The molecule has 1 N–H and O–H groups in total. The molecule has 0 aliphatic carbocycles. The van der Waals surface area contributed by atoms with E-state index in [0.717, 1.165) is 42.9 Å². The maximum absolute atomic E-state index is 12.9. The number of nitrogens with zero attached hydrogens (tertiary/aromatic N) is 2. The minimum absolute atomic E-state index is 0.0783. The van der Waals surface area contributed by atoms with E-state index < -0.39 is 0 Å². The highest BCUT2D eigenvalue weighted by Gasteiger charge is 2.15. The molecule has 1 fully saturated rings. The Bertz CT molecular complexity index is 850. The number of ether oxygens (including phenoxy) is 2. The van der Waals surface area contributed by atoms with Gasteiger partial charge in [0.15, 0.2) is 6.61 Å². The standard InChI is InChI=1S/C23H28FN3O4/c1-2-21(27-31-15-18-3-6-20(24)7-4-18)19-5-8-23(26-14-19)30-16-22(28)25-13-17-9-11-29-12-10-17/h3-8,14,17H,2,9-13,15-16H2,1H3,(H,25,28)/b27-21+. The summed E-state index contributed by atoms with van der Waals surface area (Å²) in [4.78, 5) is 21.6. The molecule has 7 nitrogen and oxygen atoms in total. The van der Waals surface area contributed by atoms with Gasteiger partial charge in [0.1, 0.15) is 12.4 Å². The third-order valence-electron chi connectivity index (χ3n) is 5.00. The molecule has 1 saturated heterocycles. The second kappa shape index (κ2) is 12.0. The zero-order valence-corrected chi connectivity index (χ0v) is 17.7. The highest BCUT2D eigenvalue weighted by Crippen LogP contribution is 2.14. The predicted octanol–water partition coefficient (Wildman–Crippen LogP) is 3.47. The van der Waals surface area contributed by atoms with Crippen molar-refractivity contribution in [3.63, 3.8) is 0 Å². The third kappa shape index (κ3) is 7.64. The van der Waals surface area contributed by atoms with Crippen molar-refractivity contribution >= 4 is 11.6 Å². The van der Waals surface area contributed by atoms with Crippen molar-refractivity contribution < 1.29 is 23.5 Å². The number of oxime groups is 1. The van der Waals surface area contributed by atoms with Crippen LogP contribution in [0.25, 0.3) is 0 Å². The number of amides is 1. The van der Waals surface area contributed by atoms with Crippen LogP contribution < -0.4 is 10.1 Å². The van der Waals surface area contributed by atoms with E-state index >= 15 is 0 Å². The Hall–Kier alpha value is -3.00. The first-order valence-corrected chi connectivity index (χ1v) is 10.5. The van der Waals surface area contributed by atoms with Gasteiger partial charge >= 0.3 is 0 Å². The molecule has 2 heterocycles. The lowest BCUT2D eigenvalue weighted by Crippen LogP contribution is -2.35. The minimum Gasteiger partial charge on any atom is -0.468 e. The number of hydrogen-bond donors (Lipinski definition) is 1. The number of halogens is 1. The molecule has 2 aromatic rings. The summed E-state index contributed by atoms with van der Waals surface area (Å²) in [5, 5.41) is 7.07. The van der Waals surface area contributed by atoms with E-state index in [2.05, 4.69) is 15.5 Å². The molecule has 1 amide bonds. The summed E-state index contributed by atoms with van der Waals surface area (Å²) in [6.45, 7) is 4.30. The van der Waals surface area contributed by atoms with Crippen LogP contribution in [0, 0.1) is 11.7 Å². The summed E-state index contributed by atoms with van der Waals surface area (Å²) in [6.07, 6.45) is 4.23. The lowest BCUT2D eigenvalue weighted by molar-refractivity contribution is -0.123. The van der Waals surface area contributed by atoms with Gasteiger partial charge in [-0.2, -0.15) is 0 Å². The number of carbonyl (C=O) groups excluding carboxylic acids is 1. The van der Waals surface area contributed by atoms with Crippen molar-refractivity contribution in [3.8, 4) is 5.88 Å². The molecule has 0 atom stereocenters. The largest absolute Gasteiger partial charge is 0.468 e. The molecule has 1 aliphatic heterocycles. The van der Waals surface area contributed by atoms with Crippen LogP contribution >= 0.6 is 0 Å². The van der Waals surface area contributed by atoms with E-state index in [0.29, 0.717) is 24.8 Å². The normalized spacial score (nSPS) is 14.8. The number of nitrogens with one attached hydrogen (secondary N) is 1. The number of aromatic nitrogens is 1. The fourth-order valence-electron chi connectivity index (χ4n) is 3.12. The number of rotatable bonds is 10. The predicted molar refractivity (Wildman–Crippen MR) is 114 cm³/mol. The van der Waals surface area contributed by atoms with Gasteiger partial charge in [0.05, 0.1) is 5.71 Å². The molecule has 8 heteroatoms. The fourth-order valence-corrected chi connectivity index (χ4v) is 3.12. The Morgan fingerprint density at radius 1 is 1.23 bits per heavy atom. The van der Waals surface area contributed by atoms with E-state index in [4.69, 9.17) is 14.3 Å². The van der Waals surface area contributed by atoms with Crippen molar-refractivity contribution in [3.05, 3.63) is 59.5 Å². The van der Waals surface area contributed by atoms with E-state index in [9.17, 15) is 9.18 Å². The molecule has 1 aliphatic rings. The first kappa shape index (κ1) is 22.7. The Balaban J connectivity index is 1.43. The molecule has 166 valence electrons. The highest BCUT2D eigenvalue weighted by atomic mass is 19.1. The summed E-state index contributed by atoms with van der Waals surface area (Å²) < 4.78 is 23.7. The molecule has 1 aromatic heterocycles. The Morgan fingerprint density at radius 3 is 2.68 bits per heavy atom. The van der Waals surface area contributed by atoms with Crippen LogP contribution in [0.5, 0.6) is 5.88 Å². The zero-order chi connectivity index (χ0) is 21.9. The lowest BCUT2D eigenvalue weighted by Gasteiger charge is -2.22. The quantitative estimate of drug-likeness (QED) is 0.462.